The van der Waals surface area contributed by atoms with Gasteiger partial charge in [-0.15, -0.1) is 0 Å². The van der Waals surface area contributed by atoms with Gasteiger partial charge in [-0.05, 0) is 18.2 Å². The van der Waals surface area contributed by atoms with E-state index < -0.39 is 36.1 Å². The molecule has 0 aromatic heterocycles. The molecule has 2 amide bonds. The van der Waals surface area contributed by atoms with Crippen LogP contribution >= 0.6 is 0 Å². The molecule has 132 valence electrons. The van der Waals surface area contributed by atoms with Gasteiger partial charge in [-0.3, -0.25) is 9.59 Å². The summed E-state index contributed by atoms with van der Waals surface area (Å²) in [4.78, 5) is 33.1. The Kier molecular flexibility index (Phi) is 6.71. The maximum Gasteiger partial charge on any atom is 0.416 e. The van der Waals surface area contributed by atoms with Gasteiger partial charge >= 0.3 is 12.1 Å². The zero-order valence-corrected chi connectivity index (χ0v) is 12.6. The highest BCUT2D eigenvalue weighted by Gasteiger charge is 2.32. The molecule has 1 aromatic rings. The Balaban J connectivity index is 2.82. The summed E-state index contributed by atoms with van der Waals surface area (Å²) in [6.07, 6.45) is -4.69. The molecule has 0 bridgehead atoms. The third kappa shape index (κ3) is 6.65. The number of carboxylic acid groups (broad SMARTS) is 1. The second-order valence-corrected chi connectivity index (χ2v) is 4.68. The first kappa shape index (κ1) is 19.4. The second kappa shape index (κ2) is 8.29. The second-order valence-electron chi connectivity index (χ2n) is 4.68. The van der Waals surface area contributed by atoms with E-state index >= 15 is 0 Å². The van der Waals surface area contributed by atoms with Gasteiger partial charge in [-0.1, -0.05) is 0 Å². The van der Waals surface area contributed by atoms with E-state index in [1.807, 2.05) is 0 Å². The number of amides is 2. The van der Waals surface area contributed by atoms with E-state index in [0.717, 1.165) is 13.0 Å². The largest absolute Gasteiger partial charge is 0.480 e. The van der Waals surface area contributed by atoms with Gasteiger partial charge in [0.1, 0.15) is 6.61 Å². The fourth-order valence-corrected chi connectivity index (χ4v) is 1.70. The molecule has 3 N–H and O–H groups in total. The zero-order chi connectivity index (χ0) is 18.3. The van der Waals surface area contributed by atoms with Crippen LogP contribution in [0.4, 0.5) is 18.9 Å². The lowest BCUT2D eigenvalue weighted by atomic mass is 10.1. The van der Waals surface area contributed by atoms with Crippen LogP contribution in [0, 0.1) is 0 Å². The molecule has 0 unspecified atom stereocenters. The molecule has 0 atom stereocenters. The molecule has 0 fully saturated rings. The van der Waals surface area contributed by atoms with Crippen molar-refractivity contribution in [2.75, 3.05) is 25.1 Å². The van der Waals surface area contributed by atoms with Crippen molar-refractivity contribution in [1.29, 1.82) is 0 Å². The number of alkyl halides is 3. The van der Waals surface area contributed by atoms with Crippen LogP contribution in [0.15, 0.2) is 18.2 Å². The third-order valence-corrected chi connectivity index (χ3v) is 2.60. The van der Waals surface area contributed by atoms with Gasteiger partial charge in [0, 0.05) is 24.7 Å². The summed E-state index contributed by atoms with van der Waals surface area (Å²) in [5, 5.41) is 12.8. The number of carbonyl (C=O) groups is 3. The number of halogens is 3. The van der Waals surface area contributed by atoms with Crippen LogP contribution in [0.25, 0.3) is 0 Å². The van der Waals surface area contributed by atoms with Gasteiger partial charge in [-0.2, -0.15) is 13.2 Å². The van der Waals surface area contributed by atoms with Gasteiger partial charge < -0.3 is 20.5 Å². The number of nitrogens with one attached hydrogen (secondary N) is 2. The highest BCUT2D eigenvalue weighted by Crippen LogP contribution is 2.32. The SMILES string of the molecule is CC(=O)Nc1cc(C(=O)NCCOCC(=O)O)cc(C(F)(F)F)c1. The van der Waals surface area contributed by atoms with Gasteiger partial charge in [0.15, 0.2) is 0 Å². The molecule has 24 heavy (non-hydrogen) atoms. The van der Waals surface area contributed by atoms with Crippen molar-refractivity contribution in [3.8, 4) is 0 Å². The van der Waals surface area contributed by atoms with Gasteiger partial charge in [-0.25, -0.2) is 4.79 Å². The predicted octanol–water partition coefficient (Wildman–Crippen LogP) is 1.49. The number of aliphatic carboxylic acids is 1. The average Bonchev–Trinajstić information content (AvgIpc) is 2.44. The number of rotatable bonds is 7. The number of benzene rings is 1. The molecular weight excluding hydrogens is 333 g/mol. The number of carboxylic acids is 1. The number of hydrogen-bond donors (Lipinski definition) is 3. The first-order valence-corrected chi connectivity index (χ1v) is 6.67. The third-order valence-electron chi connectivity index (χ3n) is 2.60. The molecule has 0 saturated carbocycles. The van der Waals surface area contributed by atoms with Gasteiger partial charge in [0.25, 0.3) is 5.91 Å². The van der Waals surface area contributed by atoms with Crippen LogP contribution in [0.3, 0.4) is 0 Å². The Bertz CT molecular complexity index is 631. The van der Waals surface area contributed by atoms with Crippen LogP contribution in [0.5, 0.6) is 0 Å². The summed E-state index contributed by atoms with van der Waals surface area (Å²) in [5.41, 5.74) is -1.54. The zero-order valence-electron chi connectivity index (χ0n) is 12.6. The van der Waals surface area contributed by atoms with E-state index in [4.69, 9.17) is 5.11 Å². The Hall–Kier alpha value is -2.62. The molecule has 0 aliphatic rings. The summed E-state index contributed by atoms with van der Waals surface area (Å²) in [7, 11) is 0. The number of carbonyl (C=O) groups excluding carboxylic acids is 2. The molecule has 0 saturated heterocycles. The van der Waals surface area contributed by atoms with Gasteiger partial charge in [0.05, 0.1) is 12.2 Å². The Morgan fingerprint density at radius 2 is 1.88 bits per heavy atom. The lowest BCUT2D eigenvalue weighted by Gasteiger charge is -2.12. The quantitative estimate of drug-likeness (QED) is 0.648. The van der Waals surface area contributed by atoms with Crippen LogP contribution < -0.4 is 10.6 Å². The van der Waals surface area contributed by atoms with Crippen LogP contribution in [-0.4, -0.2) is 42.6 Å². The Morgan fingerprint density at radius 1 is 1.21 bits per heavy atom. The number of anilines is 1. The fourth-order valence-electron chi connectivity index (χ4n) is 1.70. The van der Waals surface area contributed by atoms with E-state index in [-0.39, 0.29) is 24.4 Å². The highest BCUT2D eigenvalue weighted by atomic mass is 19.4. The monoisotopic (exact) mass is 348 g/mol. The highest BCUT2D eigenvalue weighted by molar-refractivity contribution is 5.97. The van der Waals surface area contributed by atoms with Crippen molar-refractivity contribution in [2.45, 2.75) is 13.1 Å². The van der Waals surface area contributed by atoms with Gasteiger partial charge in [0.2, 0.25) is 5.91 Å². The molecule has 7 nitrogen and oxygen atoms in total. The molecule has 0 heterocycles. The maximum absolute atomic E-state index is 12.9. The minimum absolute atomic E-state index is 0.0855. The maximum atomic E-state index is 12.9. The Labute approximate surface area is 134 Å². The van der Waals surface area contributed by atoms with Crippen LogP contribution in [-0.2, 0) is 20.5 Å². The van der Waals surface area contributed by atoms with Crippen molar-refractivity contribution < 1.29 is 37.4 Å². The van der Waals surface area contributed by atoms with Crippen LogP contribution in [0.2, 0.25) is 0 Å². The molecule has 0 radical (unpaired) electrons. The van der Waals surface area contributed by atoms with Crippen LogP contribution in [0.1, 0.15) is 22.8 Å². The van der Waals surface area contributed by atoms with Crippen molar-refractivity contribution in [3.05, 3.63) is 29.3 Å². The smallest absolute Gasteiger partial charge is 0.416 e. The van der Waals surface area contributed by atoms with Crippen molar-refractivity contribution >= 4 is 23.5 Å². The first-order chi connectivity index (χ1) is 11.1. The fraction of sp³-hybridized carbons (Fsp3) is 0.357. The van der Waals surface area contributed by atoms with Crippen molar-refractivity contribution in [3.63, 3.8) is 0 Å². The lowest BCUT2D eigenvalue weighted by Crippen LogP contribution is -2.28. The van der Waals surface area contributed by atoms with E-state index in [9.17, 15) is 27.6 Å². The van der Waals surface area contributed by atoms with E-state index in [1.54, 1.807) is 0 Å². The standard InChI is InChI=1S/C14H15F3N2O5/c1-8(20)19-11-5-9(4-10(6-11)14(15,16)17)13(23)18-2-3-24-7-12(21)22/h4-6H,2-3,7H2,1H3,(H,18,23)(H,19,20)(H,21,22). The topological polar surface area (TPSA) is 105 Å². The minimum Gasteiger partial charge on any atom is -0.480 e. The number of hydrogen-bond acceptors (Lipinski definition) is 4. The molecule has 1 aromatic carbocycles. The lowest BCUT2D eigenvalue weighted by molar-refractivity contribution is -0.142. The average molecular weight is 348 g/mol. The van der Waals surface area contributed by atoms with Crippen molar-refractivity contribution in [1.82, 2.24) is 5.32 Å². The summed E-state index contributed by atoms with van der Waals surface area (Å²) in [6.45, 7) is 0.374. The first-order valence-electron chi connectivity index (χ1n) is 6.67. The number of ether oxygens (including phenoxy) is 1. The van der Waals surface area contributed by atoms with E-state index in [0.29, 0.717) is 12.1 Å². The molecule has 0 aliphatic heterocycles. The minimum atomic E-state index is -4.69. The van der Waals surface area contributed by atoms with Crippen molar-refractivity contribution in [2.24, 2.45) is 0 Å². The predicted molar refractivity (Wildman–Crippen MR) is 76.5 cm³/mol. The molecule has 1 rings (SSSR count). The summed E-state index contributed by atoms with van der Waals surface area (Å²) in [6, 6.07) is 2.47. The molecule has 0 spiro atoms. The van der Waals surface area contributed by atoms with E-state index in [2.05, 4.69) is 15.4 Å². The summed E-state index contributed by atoms with van der Waals surface area (Å²) in [5.74, 6) is -2.58. The summed E-state index contributed by atoms with van der Waals surface area (Å²) >= 11 is 0. The molecule has 0 aliphatic carbocycles. The van der Waals surface area contributed by atoms with E-state index in [1.165, 1.54) is 0 Å². The Morgan fingerprint density at radius 3 is 2.42 bits per heavy atom. The molecular formula is C14H15F3N2O5. The molecule has 10 heteroatoms. The summed E-state index contributed by atoms with van der Waals surface area (Å²) < 4.78 is 43.3. The normalized spacial score (nSPS) is 11.0.